The van der Waals surface area contributed by atoms with E-state index in [1.807, 2.05) is 20.8 Å². The summed E-state index contributed by atoms with van der Waals surface area (Å²) in [6.07, 6.45) is 10.5. The van der Waals surface area contributed by atoms with E-state index in [1.165, 1.54) is 24.6 Å². The SMILES string of the molecule is COC(C)(C)CCCC(C)C/C=C/C(C)=C/C(=O)SC(C)C. The molecule has 0 bridgehead atoms. The molecule has 0 radical (unpaired) electrons. The molecule has 0 rings (SSSR count). The topological polar surface area (TPSA) is 26.3 Å². The predicted molar refractivity (Wildman–Crippen MR) is 99.4 cm³/mol. The van der Waals surface area contributed by atoms with E-state index in [-0.39, 0.29) is 10.7 Å². The standard InChI is InChI=1S/C19H34O2S/c1-15(2)22-18(20)14-17(4)11-8-10-16(3)12-9-13-19(5,6)21-7/h8,11,14-16H,9-10,12-13H2,1-7H3/b11-8+,17-14+. The maximum Gasteiger partial charge on any atom is 0.212 e. The fourth-order valence-corrected chi connectivity index (χ4v) is 2.80. The molecule has 22 heavy (non-hydrogen) atoms. The monoisotopic (exact) mass is 326 g/mol. The first-order chi connectivity index (χ1) is 10.2. The summed E-state index contributed by atoms with van der Waals surface area (Å²) < 4.78 is 5.44. The van der Waals surface area contributed by atoms with Gasteiger partial charge < -0.3 is 4.74 Å². The molecule has 128 valence electrons. The normalized spacial score (nSPS) is 14.8. The highest BCUT2D eigenvalue weighted by Gasteiger charge is 2.15. The molecule has 0 aliphatic carbocycles. The molecular weight excluding hydrogens is 292 g/mol. The van der Waals surface area contributed by atoms with Crippen LogP contribution in [0.25, 0.3) is 0 Å². The summed E-state index contributed by atoms with van der Waals surface area (Å²) in [5, 5.41) is 0.490. The molecule has 0 aliphatic rings. The van der Waals surface area contributed by atoms with E-state index >= 15 is 0 Å². The lowest BCUT2D eigenvalue weighted by molar-refractivity contribution is -0.107. The van der Waals surface area contributed by atoms with Gasteiger partial charge in [-0.1, -0.05) is 57.5 Å². The third-order valence-corrected chi connectivity index (χ3v) is 4.47. The van der Waals surface area contributed by atoms with E-state index in [2.05, 4.69) is 32.9 Å². The number of rotatable bonds is 10. The first-order valence-electron chi connectivity index (χ1n) is 8.27. The Bertz CT molecular complexity index is 381. The molecule has 0 heterocycles. The summed E-state index contributed by atoms with van der Waals surface area (Å²) in [7, 11) is 1.78. The third kappa shape index (κ3) is 12.0. The van der Waals surface area contributed by atoms with Gasteiger partial charge in [0.25, 0.3) is 0 Å². The molecule has 0 aromatic heterocycles. The highest BCUT2D eigenvalue weighted by molar-refractivity contribution is 8.14. The first-order valence-corrected chi connectivity index (χ1v) is 9.15. The zero-order chi connectivity index (χ0) is 17.2. The lowest BCUT2D eigenvalue weighted by Gasteiger charge is -2.23. The fraction of sp³-hybridized carbons (Fsp3) is 0.737. The van der Waals surface area contributed by atoms with Crippen LogP contribution in [0.1, 0.15) is 67.2 Å². The molecule has 2 nitrogen and oxygen atoms in total. The van der Waals surface area contributed by atoms with Crippen molar-refractivity contribution in [2.24, 2.45) is 5.92 Å². The van der Waals surface area contributed by atoms with Gasteiger partial charge in [0.05, 0.1) is 5.60 Å². The van der Waals surface area contributed by atoms with Crippen LogP contribution in [0.3, 0.4) is 0 Å². The molecule has 0 aliphatic heterocycles. The summed E-state index contributed by atoms with van der Waals surface area (Å²) in [6, 6.07) is 0. The van der Waals surface area contributed by atoms with Crippen molar-refractivity contribution in [2.75, 3.05) is 7.11 Å². The van der Waals surface area contributed by atoms with Crippen LogP contribution in [0.5, 0.6) is 0 Å². The van der Waals surface area contributed by atoms with Crippen LogP contribution in [0.4, 0.5) is 0 Å². The number of ether oxygens (including phenoxy) is 1. The zero-order valence-electron chi connectivity index (χ0n) is 15.4. The summed E-state index contributed by atoms with van der Waals surface area (Å²) >= 11 is 1.38. The van der Waals surface area contributed by atoms with Crippen molar-refractivity contribution in [3.05, 3.63) is 23.8 Å². The largest absolute Gasteiger partial charge is 0.379 e. The van der Waals surface area contributed by atoms with Crippen LogP contribution in [-0.2, 0) is 9.53 Å². The molecule has 0 saturated carbocycles. The minimum Gasteiger partial charge on any atom is -0.379 e. The average Bonchev–Trinajstić information content (AvgIpc) is 2.37. The van der Waals surface area contributed by atoms with Crippen molar-refractivity contribution in [3.63, 3.8) is 0 Å². The van der Waals surface area contributed by atoms with E-state index in [0.29, 0.717) is 11.2 Å². The second-order valence-electron chi connectivity index (χ2n) is 6.97. The van der Waals surface area contributed by atoms with Crippen LogP contribution >= 0.6 is 11.8 Å². The molecular formula is C19H34O2S. The third-order valence-electron chi connectivity index (χ3n) is 3.64. The number of methoxy groups -OCH3 is 1. The van der Waals surface area contributed by atoms with Gasteiger partial charge in [-0.05, 0) is 51.2 Å². The molecule has 3 heteroatoms. The van der Waals surface area contributed by atoms with Crippen molar-refractivity contribution >= 4 is 16.9 Å². The van der Waals surface area contributed by atoms with E-state index in [1.54, 1.807) is 13.2 Å². The van der Waals surface area contributed by atoms with Gasteiger partial charge in [-0.2, -0.15) is 0 Å². The molecule has 0 amide bonds. The maximum atomic E-state index is 11.7. The molecule has 0 fully saturated rings. The molecule has 0 N–H and O–H groups in total. The molecule has 0 saturated heterocycles. The second kappa shape index (κ2) is 11.1. The van der Waals surface area contributed by atoms with Crippen molar-refractivity contribution < 1.29 is 9.53 Å². The fourth-order valence-electron chi connectivity index (χ4n) is 2.08. The van der Waals surface area contributed by atoms with Crippen molar-refractivity contribution in [2.45, 2.75) is 78.1 Å². The molecule has 0 aromatic rings. The number of hydrogen-bond donors (Lipinski definition) is 0. The van der Waals surface area contributed by atoms with Gasteiger partial charge in [0.2, 0.25) is 5.12 Å². The first kappa shape index (κ1) is 21.5. The lowest BCUT2D eigenvalue weighted by atomic mass is 9.95. The highest BCUT2D eigenvalue weighted by atomic mass is 32.2. The Hall–Kier alpha value is -0.540. The van der Waals surface area contributed by atoms with Gasteiger partial charge in [-0.25, -0.2) is 0 Å². The predicted octanol–water partition coefficient (Wildman–Crippen LogP) is 5.78. The summed E-state index contributed by atoms with van der Waals surface area (Å²) in [6.45, 7) is 12.6. The Balaban J connectivity index is 4.05. The van der Waals surface area contributed by atoms with E-state index in [4.69, 9.17) is 4.74 Å². The zero-order valence-corrected chi connectivity index (χ0v) is 16.3. The molecule has 0 spiro atoms. The van der Waals surface area contributed by atoms with Gasteiger partial charge >= 0.3 is 0 Å². The van der Waals surface area contributed by atoms with E-state index < -0.39 is 0 Å². The van der Waals surface area contributed by atoms with Crippen LogP contribution in [0.2, 0.25) is 0 Å². The van der Waals surface area contributed by atoms with Gasteiger partial charge in [0, 0.05) is 12.4 Å². The number of carbonyl (C=O) groups is 1. The van der Waals surface area contributed by atoms with Crippen LogP contribution < -0.4 is 0 Å². The Kier molecular flexibility index (Phi) is 10.8. The Morgan fingerprint density at radius 2 is 1.91 bits per heavy atom. The molecule has 1 unspecified atom stereocenters. The quantitative estimate of drug-likeness (QED) is 0.376. The van der Waals surface area contributed by atoms with Gasteiger partial charge in [0.15, 0.2) is 0 Å². The average molecular weight is 327 g/mol. The van der Waals surface area contributed by atoms with Crippen molar-refractivity contribution in [3.8, 4) is 0 Å². The minimum atomic E-state index is -0.0106. The Morgan fingerprint density at radius 1 is 1.27 bits per heavy atom. The Labute approximate surface area is 141 Å². The van der Waals surface area contributed by atoms with E-state index in [9.17, 15) is 4.79 Å². The van der Waals surface area contributed by atoms with Gasteiger partial charge in [0.1, 0.15) is 0 Å². The lowest BCUT2D eigenvalue weighted by Crippen LogP contribution is -2.22. The van der Waals surface area contributed by atoms with Gasteiger partial charge in [-0.3, -0.25) is 4.79 Å². The summed E-state index contributed by atoms with van der Waals surface area (Å²) in [5.41, 5.74) is 1.02. The number of carbonyl (C=O) groups excluding carboxylic acids is 1. The molecule has 1 atom stereocenters. The van der Waals surface area contributed by atoms with Gasteiger partial charge in [-0.15, -0.1) is 0 Å². The van der Waals surface area contributed by atoms with Crippen LogP contribution in [0.15, 0.2) is 23.8 Å². The number of allylic oxidation sites excluding steroid dienone is 3. The molecule has 0 aromatic carbocycles. The highest BCUT2D eigenvalue weighted by Crippen LogP contribution is 2.20. The smallest absolute Gasteiger partial charge is 0.212 e. The summed E-state index contributed by atoms with van der Waals surface area (Å²) in [5.74, 6) is 0.664. The van der Waals surface area contributed by atoms with Crippen molar-refractivity contribution in [1.82, 2.24) is 0 Å². The van der Waals surface area contributed by atoms with E-state index in [0.717, 1.165) is 18.4 Å². The maximum absolute atomic E-state index is 11.7. The van der Waals surface area contributed by atoms with Crippen molar-refractivity contribution in [1.29, 1.82) is 0 Å². The van der Waals surface area contributed by atoms with Crippen LogP contribution in [-0.4, -0.2) is 23.1 Å². The second-order valence-corrected chi connectivity index (χ2v) is 8.55. The minimum absolute atomic E-state index is 0.0106. The summed E-state index contributed by atoms with van der Waals surface area (Å²) in [4.78, 5) is 11.7. The number of thioether (sulfide) groups is 1. The Morgan fingerprint density at radius 3 is 2.45 bits per heavy atom. The number of hydrogen-bond acceptors (Lipinski definition) is 3. The van der Waals surface area contributed by atoms with Crippen LogP contribution in [0, 0.1) is 5.92 Å².